The van der Waals surface area contributed by atoms with Gasteiger partial charge in [0.1, 0.15) is 0 Å². The van der Waals surface area contributed by atoms with Crippen molar-refractivity contribution in [1.82, 2.24) is 0 Å². The van der Waals surface area contributed by atoms with Gasteiger partial charge in [-0.1, -0.05) is 94.9 Å². The number of methoxy groups -OCH3 is 1. The molecule has 0 spiro atoms. The van der Waals surface area contributed by atoms with Gasteiger partial charge in [0.2, 0.25) is 0 Å². The molecular formula is C27H44O2. The molecule has 1 fully saturated rings. The molecule has 0 aromatic heterocycles. The summed E-state index contributed by atoms with van der Waals surface area (Å²) >= 11 is 0. The zero-order valence-electron chi connectivity index (χ0n) is 19.1. The lowest BCUT2D eigenvalue weighted by molar-refractivity contribution is 0.115. The van der Waals surface area contributed by atoms with Gasteiger partial charge < -0.3 is 9.84 Å². The monoisotopic (exact) mass is 400 g/mol. The van der Waals surface area contributed by atoms with Gasteiger partial charge in [-0.25, -0.2) is 0 Å². The zero-order chi connectivity index (χ0) is 20.9. The number of rotatable bonds is 14. The first kappa shape index (κ1) is 24.2. The largest absolute Gasteiger partial charge is 0.393 e. The topological polar surface area (TPSA) is 29.5 Å². The van der Waals surface area contributed by atoms with Crippen molar-refractivity contribution in [2.75, 3.05) is 7.11 Å². The summed E-state index contributed by atoms with van der Waals surface area (Å²) in [5.41, 5.74) is 1.45. The maximum absolute atomic E-state index is 10.5. The molecule has 0 amide bonds. The molecule has 1 aromatic carbocycles. The number of ether oxygens (including phenoxy) is 1. The van der Waals surface area contributed by atoms with Crippen LogP contribution in [0.2, 0.25) is 0 Å². The molecule has 0 bridgehead atoms. The average Bonchev–Trinajstić information content (AvgIpc) is 3.10. The molecule has 2 heteroatoms. The molecule has 1 saturated carbocycles. The minimum absolute atomic E-state index is 0.117. The van der Waals surface area contributed by atoms with Crippen molar-refractivity contribution >= 4 is 0 Å². The predicted molar refractivity (Wildman–Crippen MR) is 124 cm³/mol. The van der Waals surface area contributed by atoms with Crippen LogP contribution in [0.5, 0.6) is 0 Å². The summed E-state index contributed by atoms with van der Waals surface area (Å²) in [6.45, 7) is 4.58. The third kappa shape index (κ3) is 8.64. The van der Waals surface area contributed by atoms with Crippen LogP contribution in [0.1, 0.15) is 96.0 Å². The van der Waals surface area contributed by atoms with Gasteiger partial charge in [0, 0.05) is 7.11 Å². The smallest absolute Gasteiger partial charge is 0.0752 e. The molecule has 2 rings (SSSR count). The third-order valence-electron chi connectivity index (χ3n) is 6.85. The van der Waals surface area contributed by atoms with Crippen molar-refractivity contribution in [3.05, 3.63) is 48.0 Å². The van der Waals surface area contributed by atoms with E-state index in [1.54, 1.807) is 0 Å². The molecule has 0 radical (unpaired) electrons. The van der Waals surface area contributed by atoms with E-state index in [2.05, 4.69) is 56.3 Å². The molecule has 0 aliphatic heterocycles. The molecule has 1 N–H and O–H groups in total. The average molecular weight is 401 g/mol. The molecule has 0 saturated heterocycles. The van der Waals surface area contributed by atoms with Gasteiger partial charge >= 0.3 is 0 Å². The van der Waals surface area contributed by atoms with Crippen molar-refractivity contribution < 1.29 is 9.84 Å². The molecule has 0 heterocycles. The normalized spacial score (nSPS) is 24.2. The van der Waals surface area contributed by atoms with Crippen molar-refractivity contribution in [3.63, 3.8) is 0 Å². The van der Waals surface area contributed by atoms with E-state index in [1.165, 1.54) is 50.5 Å². The van der Waals surface area contributed by atoms with E-state index >= 15 is 0 Å². The Morgan fingerprint density at radius 2 is 1.79 bits per heavy atom. The quantitative estimate of drug-likeness (QED) is 0.263. The first-order valence-corrected chi connectivity index (χ1v) is 12.1. The summed E-state index contributed by atoms with van der Waals surface area (Å²) in [6.07, 6.45) is 17.9. The summed E-state index contributed by atoms with van der Waals surface area (Å²) in [5, 5.41) is 10.5. The second-order valence-corrected chi connectivity index (χ2v) is 9.08. The SMILES string of the molecule is CCCCCC(/C=C/[C@H]1CC[C@H](O)[C@@H]1CCCCCC(C)c1ccccc1)OC. The Bertz CT molecular complexity index is 553. The molecule has 1 aliphatic rings. The van der Waals surface area contributed by atoms with E-state index in [0.29, 0.717) is 17.8 Å². The Morgan fingerprint density at radius 3 is 2.52 bits per heavy atom. The van der Waals surface area contributed by atoms with Crippen LogP contribution in [0.4, 0.5) is 0 Å². The second-order valence-electron chi connectivity index (χ2n) is 9.08. The van der Waals surface area contributed by atoms with Crippen LogP contribution >= 0.6 is 0 Å². The molecular weight excluding hydrogens is 356 g/mol. The van der Waals surface area contributed by atoms with E-state index in [1.807, 2.05) is 7.11 Å². The van der Waals surface area contributed by atoms with Gasteiger partial charge in [0.05, 0.1) is 12.2 Å². The van der Waals surface area contributed by atoms with Crippen LogP contribution in [0, 0.1) is 11.8 Å². The van der Waals surface area contributed by atoms with Crippen LogP contribution in [0.3, 0.4) is 0 Å². The summed E-state index contributed by atoms with van der Waals surface area (Å²) < 4.78 is 5.64. The maximum Gasteiger partial charge on any atom is 0.0752 e. The van der Waals surface area contributed by atoms with Crippen LogP contribution < -0.4 is 0 Å². The Kier molecular flexibility index (Phi) is 11.6. The van der Waals surface area contributed by atoms with Gasteiger partial charge in [-0.2, -0.15) is 0 Å². The van der Waals surface area contributed by atoms with Gasteiger partial charge in [0.25, 0.3) is 0 Å². The lowest BCUT2D eigenvalue weighted by atomic mass is 9.88. The highest BCUT2D eigenvalue weighted by molar-refractivity contribution is 5.18. The molecule has 164 valence electrons. The molecule has 5 atom stereocenters. The van der Waals surface area contributed by atoms with Gasteiger partial charge in [0.15, 0.2) is 0 Å². The number of hydrogen-bond donors (Lipinski definition) is 1. The second kappa shape index (κ2) is 14.0. The van der Waals surface area contributed by atoms with Crippen molar-refractivity contribution in [2.24, 2.45) is 11.8 Å². The van der Waals surface area contributed by atoms with Gasteiger partial charge in [-0.15, -0.1) is 0 Å². The Hall–Kier alpha value is -1.12. The van der Waals surface area contributed by atoms with Crippen LogP contribution in [-0.4, -0.2) is 24.4 Å². The Labute approximate surface area is 179 Å². The number of allylic oxidation sites excluding steroid dienone is 1. The third-order valence-corrected chi connectivity index (χ3v) is 6.85. The number of hydrogen-bond acceptors (Lipinski definition) is 2. The standard InChI is InChI=1S/C27H44O2/c1-4-5-8-16-25(29-3)20-18-24-19-21-27(28)26(24)17-12-6-9-13-22(2)23-14-10-7-11-15-23/h7,10-11,14-15,18,20,22,24-28H,4-6,8-9,12-13,16-17,19,21H2,1-3H3/b20-18+/t22?,24-,25?,26+,27-/m0/s1. The maximum atomic E-state index is 10.5. The number of benzene rings is 1. The van der Waals surface area contributed by atoms with E-state index in [4.69, 9.17) is 4.74 Å². The summed E-state index contributed by atoms with van der Waals surface area (Å²) in [4.78, 5) is 0. The minimum atomic E-state index is -0.117. The summed E-state index contributed by atoms with van der Waals surface area (Å²) in [5.74, 6) is 1.60. The number of unbranched alkanes of at least 4 members (excludes halogenated alkanes) is 4. The number of aliphatic hydroxyl groups excluding tert-OH is 1. The summed E-state index contributed by atoms with van der Waals surface area (Å²) in [7, 11) is 1.82. The Morgan fingerprint density at radius 1 is 1.03 bits per heavy atom. The van der Waals surface area contributed by atoms with Crippen molar-refractivity contribution in [1.29, 1.82) is 0 Å². The van der Waals surface area contributed by atoms with Crippen molar-refractivity contribution in [3.8, 4) is 0 Å². The number of aliphatic hydroxyl groups is 1. The molecule has 2 unspecified atom stereocenters. The lowest BCUT2D eigenvalue weighted by Crippen LogP contribution is -2.18. The molecule has 1 aromatic rings. The fourth-order valence-corrected chi connectivity index (χ4v) is 4.83. The predicted octanol–water partition coefficient (Wildman–Crippen LogP) is 7.28. The van der Waals surface area contributed by atoms with E-state index in [-0.39, 0.29) is 12.2 Å². The highest BCUT2D eigenvalue weighted by atomic mass is 16.5. The van der Waals surface area contributed by atoms with E-state index in [9.17, 15) is 5.11 Å². The van der Waals surface area contributed by atoms with Crippen molar-refractivity contribution in [2.45, 2.75) is 103 Å². The summed E-state index contributed by atoms with van der Waals surface area (Å²) in [6, 6.07) is 10.9. The molecule has 1 aliphatic carbocycles. The van der Waals surface area contributed by atoms with Gasteiger partial charge in [-0.05, 0) is 55.4 Å². The van der Waals surface area contributed by atoms with E-state index < -0.39 is 0 Å². The molecule has 29 heavy (non-hydrogen) atoms. The van der Waals surface area contributed by atoms with Crippen LogP contribution in [0.25, 0.3) is 0 Å². The highest BCUT2D eigenvalue weighted by Crippen LogP contribution is 2.37. The van der Waals surface area contributed by atoms with Crippen LogP contribution in [-0.2, 0) is 4.74 Å². The first-order chi connectivity index (χ1) is 14.2. The first-order valence-electron chi connectivity index (χ1n) is 12.1. The fourth-order valence-electron chi connectivity index (χ4n) is 4.83. The zero-order valence-corrected chi connectivity index (χ0v) is 19.1. The highest BCUT2D eigenvalue weighted by Gasteiger charge is 2.32. The fraction of sp³-hybridized carbons (Fsp3) is 0.704. The van der Waals surface area contributed by atoms with E-state index in [0.717, 1.165) is 25.7 Å². The minimum Gasteiger partial charge on any atom is -0.393 e. The van der Waals surface area contributed by atoms with Crippen LogP contribution in [0.15, 0.2) is 42.5 Å². The molecule has 2 nitrogen and oxygen atoms in total. The lowest BCUT2D eigenvalue weighted by Gasteiger charge is -2.20. The van der Waals surface area contributed by atoms with Gasteiger partial charge in [-0.3, -0.25) is 0 Å². The Balaban J connectivity index is 1.70.